The van der Waals surface area contributed by atoms with Crippen molar-refractivity contribution in [3.05, 3.63) is 50.9 Å². The first-order valence-electron chi connectivity index (χ1n) is 9.96. The van der Waals surface area contributed by atoms with Gasteiger partial charge in [0, 0.05) is 21.5 Å². The summed E-state index contributed by atoms with van der Waals surface area (Å²) in [6, 6.07) is 5.79. The topological polar surface area (TPSA) is 67.4 Å². The number of nitrogens with one attached hydrogen (secondary N) is 2. The highest BCUT2D eigenvalue weighted by Gasteiger charge is 2.42. The Bertz CT molecular complexity index is 973. The van der Waals surface area contributed by atoms with Crippen molar-refractivity contribution in [1.29, 1.82) is 0 Å². The molecular formula is C23H30N2O3S. The summed E-state index contributed by atoms with van der Waals surface area (Å²) in [5.74, 6) is -0.588. The van der Waals surface area contributed by atoms with Gasteiger partial charge in [0.2, 0.25) is 0 Å². The van der Waals surface area contributed by atoms with Gasteiger partial charge in [0.25, 0.3) is 5.91 Å². The first kappa shape index (κ1) is 21.5. The number of carbonyl (C=O) groups is 2. The van der Waals surface area contributed by atoms with E-state index in [9.17, 15) is 9.59 Å². The number of hydrogen-bond donors (Lipinski definition) is 2. The maximum atomic E-state index is 13.0. The van der Waals surface area contributed by atoms with Gasteiger partial charge in [-0.2, -0.15) is 0 Å². The smallest absolute Gasteiger partial charge is 0.341 e. The zero-order chi connectivity index (χ0) is 21.6. The van der Waals surface area contributed by atoms with Crippen LogP contribution in [0.5, 0.6) is 0 Å². The van der Waals surface area contributed by atoms with E-state index in [0.717, 1.165) is 21.6 Å². The van der Waals surface area contributed by atoms with Gasteiger partial charge in [0.1, 0.15) is 5.00 Å². The van der Waals surface area contributed by atoms with Gasteiger partial charge < -0.3 is 15.4 Å². The van der Waals surface area contributed by atoms with Crippen molar-refractivity contribution in [3.8, 4) is 0 Å². The zero-order valence-electron chi connectivity index (χ0n) is 18.3. The van der Waals surface area contributed by atoms with E-state index in [1.165, 1.54) is 11.3 Å². The number of ether oxygens (including phenoxy) is 1. The van der Waals surface area contributed by atoms with Crippen LogP contribution in [0.15, 0.2) is 18.2 Å². The van der Waals surface area contributed by atoms with Crippen LogP contribution in [0.25, 0.3) is 0 Å². The molecule has 1 aromatic carbocycles. The summed E-state index contributed by atoms with van der Waals surface area (Å²) in [7, 11) is 0. The number of thiophene rings is 1. The molecule has 0 saturated carbocycles. The Labute approximate surface area is 176 Å². The molecule has 1 amide bonds. The molecule has 6 heteroatoms. The minimum absolute atomic E-state index is 0.173. The third-order valence-electron chi connectivity index (χ3n) is 5.19. The van der Waals surface area contributed by atoms with Gasteiger partial charge in [-0.1, -0.05) is 17.7 Å². The standard InChI is InChI=1S/C23H30N2O3S/c1-8-28-21(27)17-16-12-22(4,5)25-23(6,7)18(16)29-20(17)24-19(26)15-11-13(2)9-10-14(15)3/h9-11,25H,8,12H2,1-7H3,(H,24,26). The maximum absolute atomic E-state index is 13.0. The number of fused-ring (bicyclic) bond motifs is 1. The molecular weight excluding hydrogens is 384 g/mol. The predicted molar refractivity (Wildman–Crippen MR) is 118 cm³/mol. The third kappa shape index (κ3) is 4.23. The van der Waals surface area contributed by atoms with Crippen molar-refractivity contribution in [1.82, 2.24) is 5.32 Å². The Morgan fingerprint density at radius 2 is 1.90 bits per heavy atom. The van der Waals surface area contributed by atoms with Crippen LogP contribution in [0.1, 0.15) is 76.9 Å². The Balaban J connectivity index is 2.09. The second kappa shape index (κ2) is 7.58. The molecule has 5 nitrogen and oxygen atoms in total. The SMILES string of the molecule is CCOC(=O)c1c(NC(=O)c2cc(C)ccc2C)sc2c1CC(C)(C)NC2(C)C. The average molecular weight is 415 g/mol. The van der Waals surface area contributed by atoms with E-state index in [2.05, 4.69) is 38.3 Å². The molecule has 0 spiro atoms. The van der Waals surface area contributed by atoms with Crippen LogP contribution in [0.3, 0.4) is 0 Å². The van der Waals surface area contributed by atoms with Gasteiger partial charge >= 0.3 is 5.97 Å². The summed E-state index contributed by atoms with van der Waals surface area (Å²) >= 11 is 1.46. The fourth-order valence-electron chi connectivity index (χ4n) is 4.19. The third-order valence-corrected chi connectivity index (χ3v) is 6.66. The summed E-state index contributed by atoms with van der Waals surface area (Å²) < 4.78 is 5.36. The molecule has 0 bridgehead atoms. The Hall–Kier alpha value is -2.18. The van der Waals surface area contributed by atoms with Crippen molar-refractivity contribution >= 4 is 28.2 Å². The molecule has 1 aromatic heterocycles. The van der Waals surface area contributed by atoms with E-state index < -0.39 is 0 Å². The van der Waals surface area contributed by atoms with Crippen LogP contribution < -0.4 is 10.6 Å². The Morgan fingerprint density at radius 1 is 1.21 bits per heavy atom. The number of anilines is 1. The van der Waals surface area contributed by atoms with Gasteiger partial charge in [-0.3, -0.25) is 4.79 Å². The number of carbonyl (C=O) groups excluding carboxylic acids is 2. The number of amides is 1. The van der Waals surface area contributed by atoms with Crippen molar-refractivity contribution in [2.24, 2.45) is 0 Å². The van der Waals surface area contributed by atoms with E-state index in [-0.39, 0.29) is 23.0 Å². The molecule has 1 aliphatic heterocycles. The summed E-state index contributed by atoms with van der Waals surface area (Å²) in [4.78, 5) is 27.0. The minimum atomic E-state index is -0.380. The number of esters is 1. The molecule has 0 saturated heterocycles. The second-order valence-corrected chi connectivity index (χ2v) is 9.94. The van der Waals surface area contributed by atoms with Crippen molar-refractivity contribution in [3.63, 3.8) is 0 Å². The van der Waals surface area contributed by atoms with Crippen molar-refractivity contribution < 1.29 is 14.3 Å². The highest BCUT2D eigenvalue weighted by molar-refractivity contribution is 7.17. The number of benzene rings is 1. The molecule has 2 heterocycles. The monoisotopic (exact) mass is 414 g/mol. The van der Waals surface area contributed by atoms with Crippen LogP contribution in [0, 0.1) is 13.8 Å². The van der Waals surface area contributed by atoms with E-state index in [0.29, 0.717) is 29.2 Å². The summed E-state index contributed by atoms with van der Waals surface area (Å²) in [6.45, 7) is 14.4. The second-order valence-electron chi connectivity index (χ2n) is 8.92. The molecule has 0 unspecified atom stereocenters. The molecule has 0 fully saturated rings. The fourth-order valence-corrected chi connectivity index (χ4v) is 5.45. The molecule has 2 N–H and O–H groups in total. The van der Waals surface area contributed by atoms with Gasteiger partial charge in [-0.15, -0.1) is 11.3 Å². The lowest BCUT2D eigenvalue weighted by atomic mass is 9.81. The van der Waals surface area contributed by atoms with Gasteiger partial charge in [0.15, 0.2) is 0 Å². The predicted octanol–water partition coefficient (Wildman–Crippen LogP) is 4.95. The molecule has 29 heavy (non-hydrogen) atoms. The molecule has 0 aliphatic carbocycles. The molecule has 2 aromatic rings. The minimum Gasteiger partial charge on any atom is -0.462 e. The maximum Gasteiger partial charge on any atom is 0.341 e. The quantitative estimate of drug-likeness (QED) is 0.695. The average Bonchev–Trinajstić information content (AvgIpc) is 2.94. The Kier molecular flexibility index (Phi) is 5.62. The summed E-state index contributed by atoms with van der Waals surface area (Å²) in [5, 5.41) is 7.22. The van der Waals surface area contributed by atoms with Gasteiger partial charge in [-0.05, 0) is 72.1 Å². The highest BCUT2D eigenvalue weighted by atomic mass is 32.1. The summed E-state index contributed by atoms with van der Waals surface area (Å²) in [5.41, 5.74) is 3.51. The van der Waals surface area contributed by atoms with Crippen molar-refractivity contribution in [2.75, 3.05) is 11.9 Å². The first-order chi connectivity index (χ1) is 13.4. The molecule has 1 aliphatic rings. The molecule has 156 valence electrons. The van der Waals surface area contributed by atoms with Crippen LogP contribution in [0.4, 0.5) is 5.00 Å². The highest BCUT2D eigenvalue weighted by Crippen LogP contribution is 2.45. The van der Waals surface area contributed by atoms with E-state index >= 15 is 0 Å². The first-order valence-corrected chi connectivity index (χ1v) is 10.8. The largest absolute Gasteiger partial charge is 0.462 e. The normalized spacial score (nSPS) is 16.8. The lowest BCUT2D eigenvalue weighted by Crippen LogP contribution is -2.55. The van der Waals surface area contributed by atoms with Crippen molar-refractivity contribution in [2.45, 2.75) is 66.0 Å². The van der Waals surface area contributed by atoms with Crippen LogP contribution >= 0.6 is 11.3 Å². The van der Waals surface area contributed by atoms with Crippen LogP contribution in [0.2, 0.25) is 0 Å². The zero-order valence-corrected chi connectivity index (χ0v) is 19.1. The van der Waals surface area contributed by atoms with Gasteiger partial charge in [-0.25, -0.2) is 4.79 Å². The van der Waals surface area contributed by atoms with Crippen LogP contribution in [-0.2, 0) is 16.7 Å². The fraction of sp³-hybridized carbons (Fsp3) is 0.478. The Morgan fingerprint density at radius 3 is 2.55 bits per heavy atom. The van der Waals surface area contributed by atoms with E-state index in [1.807, 2.05) is 32.0 Å². The number of hydrogen-bond acceptors (Lipinski definition) is 5. The molecule has 0 radical (unpaired) electrons. The summed E-state index contributed by atoms with van der Waals surface area (Å²) in [6.07, 6.45) is 0.690. The number of aryl methyl sites for hydroxylation is 2. The van der Waals surface area contributed by atoms with Crippen LogP contribution in [-0.4, -0.2) is 24.0 Å². The molecule has 3 rings (SSSR count). The van der Waals surface area contributed by atoms with E-state index in [4.69, 9.17) is 4.74 Å². The lowest BCUT2D eigenvalue weighted by molar-refractivity contribution is 0.0526. The van der Waals surface area contributed by atoms with Gasteiger partial charge in [0.05, 0.1) is 12.2 Å². The number of rotatable bonds is 4. The van der Waals surface area contributed by atoms with E-state index in [1.54, 1.807) is 6.92 Å². The molecule has 0 atom stereocenters. The lowest BCUT2D eigenvalue weighted by Gasteiger charge is -2.42.